The molecule has 0 amide bonds. The molecule has 21 heavy (non-hydrogen) atoms. The standard InChI is InChI=1S/C16H12ClFN2O/c17-13-6-5-12(8-14(13)18)19-9-11-7-10-3-1-2-4-15(10)20-16(11)21/h1-8,19H,9H2,(H,20,21). The second kappa shape index (κ2) is 5.58. The fourth-order valence-corrected chi connectivity index (χ4v) is 2.24. The van der Waals surface area contributed by atoms with E-state index in [4.69, 9.17) is 11.6 Å². The molecule has 1 aromatic heterocycles. The highest BCUT2D eigenvalue weighted by Crippen LogP contribution is 2.19. The smallest absolute Gasteiger partial charge is 0.253 e. The number of aromatic amines is 1. The summed E-state index contributed by atoms with van der Waals surface area (Å²) in [5.74, 6) is -0.492. The fraction of sp³-hybridized carbons (Fsp3) is 0.0625. The second-order valence-electron chi connectivity index (χ2n) is 4.69. The monoisotopic (exact) mass is 302 g/mol. The average molecular weight is 303 g/mol. The number of benzene rings is 2. The number of hydrogen-bond acceptors (Lipinski definition) is 2. The zero-order valence-corrected chi connectivity index (χ0v) is 11.7. The van der Waals surface area contributed by atoms with E-state index in [9.17, 15) is 9.18 Å². The normalized spacial score (nSPS) is 10.8. The van der Waals surface area contributed by atoms with E-state index in [2.05, 4.69) is 10.3 Å². The van der Waals surface area contributed by atoms with Crippen LogP contribution in [0.2, 0.25) is 5.02 Å². The van der Waals surface area contributed by atoms with E-state index in [1.165, 1.54) is 12.1 Å². The maximum Gasteiger partial charge on any atom is 0.253 e. The lowest BCUT2D eigenvalue weighted by molar-refractivity contribution is 0.628. The van der Waals surface area contributed by atoms with Gasteiger partial charge in [0.05, 0.1) is 5.02 Å². The summed E-state index contributed by atoms with van der Waals surface area (Å²) >= 11 is 5.63. The summed E-state index contributed by atoms with van der Waals surface area (Å²) in [6.07, 6.45) is 0. The van der Waals surface area contributed by atoms with Crippen LogP contribution in [0.3, 0.4) is 0 Å². The Bertz CT molecular complexity index is 860. The molecule has 0 spiro atoms. The lowest BCUT2D eigenvalue weighted by atomic mass is 10.1. The zero-order chi connectivity index (χ0) is 14.8. The third kappa shape index (κ3) is 2.90. The van der Waals surface area contributed by atoms with Crippen LogP contribution < -0.4 is 10.9 Å². The van der Waals surface area contributed by atoms with Gasteiger partial charge in [0.1, 0.15) is 5.82 Å². The van der Waals surface area contributed by atoms with Gasteiger partial charge in [-0.1, -0.05) is 29.8 Å². The number of halogens is 2. The number of rotatable bonds is 3. The van der Waals surface area contributed by atoms with Crippen molar-refractivity contribution in [1.29, 1.82) is 0 Å². The van der Waals surface area contributed by atoms with E-state index in [0.29, 0.717) is 17.8 Å². The minimum Gasteiger partial charge on any atom is -0.381 e. The van der Waals surface area contributed by atoms with Crippen LogP contribution in [-0.4, -0.2) is 4.98 Å². The summed E-state index contributed by atoms with van der Waals surface area (Å²) < 4.78 is 13.4. The number of hydrogen-bond donors (Lipinski definition) is 2. The summed E-state index contributed by atoms with van der Waals surface area (Å²) in [6, 6.07) is 13.8. The fourth-order valence-electron chi connectivity index (χ4n) is 2.13. The maximum absolute atomic E-state index is 13.4. The minimum atomic E-state index is -0.492. The van der Waals surface area contributed by atoms with Gasteiger partial charge in [0.15, 0.2) is 0 Å². The summed E-state index contributed by atoms with van der Waals surface area (Å²) in [6.45, 7) is 0.307. The van der Waals surface area contributed by atoms with E-state index < -0.39 is 5.82 Å². The minimum absolute atomic E-state index is 0.0732. The number of fused-ring (bicyclic) bond motifs is 1. The van der Waals surface area contributed by atoms with Crippen LogP contribution in [0.1, 0.15) is 5.56 Å². The Hall–Kier alpha value is -2.33. The Morgan fingerprint density at radius 2 is 1.95 bits per heavy atom. The van der Waals surface area contributed by atoms with Crippen LogP contribution in [0.4, 0.5) is 10.1 Å². The molecule has 3 rings (SSSR count). The Balaban J connectivity index is 1.86. The van der Waals surface area contributed by atoms with Crippen LogP contribution in [0, 0.1) is 5.82 Å². The Kier molecular flexibility index (Phi) is 3.62. The van der Waals surface area contributed by atoms with Crippen molar-refractivity contribution in [2.24, 2.45) is 0 Å². The Labute approximate surface area is 125 Å². The van der Waals surface area contributed by atoms with Gasteiger partial charge < -0.3 is 10.3 Å². The van der Waals surface area contributed by atoms with Gasteiger partial charge in [-0.3, -0.25) is 4.79 Å². The predicted molar refractivity (Wildman–Crippen MR) is 83.3 cm³/mol. The van der Waals surface area contributed by atoms with Gasteiger partial charge in [-0.25, -0.2) is 4.39 Å². The van der Waals surface area contributed by atoms with E-state index in [-0.39, 0.29) is 10.6 Å². The first-order valence-corrected chi connectivity index (χ1v) is 6.81. The molecular formula is C16H12ClFN2O. The highest BCUT2D eigenvalue weighted by Gasteiger charge is 2.04. The van der Waals surface area contributed by atoms with Crippen molar-refractivity contribution in [3.05, 3.63) is 75.3 Å². The van der Waals surface area contributed by atoms with E-state index >= 15 is 0 Å². The molecule has 0 saturated heterocycles. The molecule has 106 valence electrons. The second-order valence-corrected chi connectivity index (χ2v) is 5.10. The number of aromatic nitrogens is 1. The average Bonchev–Trinajstić information content (AvgIpc) is 2.48. The van der Waals surface area contributed by atoms with E-state index in [0.717, 1.165) is 10.9 Å². The molecule has 0 aliphatic rings. The Morgan fingerprint density at radius 3 is 2.76 bits per heavy atom. The van der Waals surface area contributed by atoms with Crippen molar-refractivity contribution in [3.63, 3.8) is 0 Å². The quantitative estimate of drug-likeness (QED) is 0.770. The first-order chi connectivity index (χ1) is 10.1. The van der Waals surface area contributed by atoms with E-state index in [1.807, 2.05) is 30.3 Å². The molecule has 0 bridgehead atoms. The molecule has 0 unspecified atom stereocenters. The van der Waals surface area contributed by atoms with Crippen LogP contribution >= 0.6 is 11.6 Å². The summed E-state index contributed by atoms with van der Waals surface area (Å²) in [5.41, 5.74) is 1.80. The molecule has 0 radical (unpaired) electrons. The summed E-state index contributed by atoms with van der Waals surface area (Å²) in [7, 11) is 0. The van der Waals surface area contributed by atoms with Crippen LogP contribution in [0.5, 0.6) is 0 Å². The first kappa shape index (κ1) is 13.6. The van der Waals surface area contributed by atoms with Gasteiger partial charge in [0, 0.05) is 23.3 Å². The van der Waals surface area contributed by atoms with Crippen molar-refractivity contribution >= 4 is 28.2 Å². The van der Waals surface area contributed by atoms with E-state index in [1.54, 1.807) is 6.07 Å². The Morgan fingerprint density at radius 1 is 1.14 bits per heavy atom. The maximum atomic E-state index is 13.4. The molecule has 2 aromatic carbocycles. The van der Waals surface area contributed by atoms with Crippen molar-refractivity contribution in [2.45, 2.75) is 6.54 Å². The highest BCUT2D eigenvalue weighted by atomic mass is 35.5. The lowest BCUT2D eigenvalue weighted by Gasteiger charge is -2.07. The molecule has 2 N–H and O–H groups in total. The van der Waals surface area contributed by atoms with Gasteiger partial charge in [-0.2, -0.15) is 0 Å². The van der Waals surface area contributed by atoms with Crippen molar-refractivity contribution in [1.82, 2.24) is 4.98 Å². The summed E-state index contributed by atoms with van der Waals surface area (Å²) in [5, 5.41) is 4.04. The predicted octanol–water partition coefficient (Wildman–Crippen LogP) is 3.93. The third-order valence-electron chi connectivity index (χ3n) is 3.23. The summed E-state index contributed by atoms with van der Waals surface area (Å²) in [4.78, 5) is 14.8. The van der Waals surface area contributed by atoms with Crippen molar-refractivity contribution in [3.8, 4) is 0 Å². The number of H-pyrrole nitrogens is 1. The van der Waals surface area contributed by atoms with Crippen LogP contribution in [0.15, 0.2) is 53.3 Å². The molecular weight excluding hydrogens is 291 g/mol. The number of anilines is 1. The lowest BCUT2D eigenvalue weighted by Crippen LogP contribution is -2.15. The van der Waals surface area contributed by atoms with Gasteiger partial charge in [-0.15, -0.1) is 0 Å². The molecule has 3 nitrogen and oxygen atoms in total. The molecule has 1 heterocycles. The topological polar surface area (TPSA) is 44.9 Å². The molecule has 0 aliphatic heterocycles. The first-order valence-electron chi connectivity index (χ1n) is 6.43. The molecule has 3 aromatic rings. The molecule has 0 fully saturated rings. The molecule has 5 heteroatoms. The van der Waals surface area contributed by atoms with Crippen molar-refractivity contribution < 1.29 is 4.39 Å². The molecule has 0 atom stereocenters. The zero-order valence-electron chi connectivity index (χ0n) is 11.0. The van der Waals surface area contributed by atoms with Crippen LogP contribution in [-0.2, 0) is 6.54 Å². The number of para-hydroxylation sites is 1. The largest absolute Gasteiger partial charge is 0.381 e. The third-order valence-corrected chi connectivity index (χ3v) is 3.54. The molecule has 0 aliphatic carbocycles. The van der Waals surface area contributed by atoms with Crippen LogP contribution in [0.25, 0.3) is 10.9 Å². The van der Waals surface area contributed by atoms with Gasteiger partial charge in [0.25, 0.3) is 5.56 Å². The number of pyridine rings is 1. The van der Waals surface area contributed by atoms with Gasteiger partial charge >= 0.3 is 0 Å². The van der Waals surface area contributed by atoms with Crippen molar-refractivity contribution in [2.75, 3.05) is 5.32 Å². The number of nitrogens with one attached hydrogen (secondary N) is 2. The molecule has 0 saturated carbocycles. The van der Waals surface area contributed by atoms with Gasteiger partial charge in [0.2, 0.25) is 0 Å². The highest BCUT2D eigenvalue weighted by molar-refractivity contribution is 6.30. The SMILES string of the molecule is O=c1[nH]c2ccccc2cc1CNc1ccc(Cl)c(F)c1. The van der Waals surface area contributed by atoms with Gasteiger partial charge in [-0.05, 0) is 35.7 Å².